The number of benzene rings is 2. The quantitative estimate of drug-likeness (QED) is 0.822. The zero-order chi connectivity index (χ0) is 19.9. The number of hydrogen-bond donors (Lipinski definition) is 2. The molecule has 4 rings (SSSR count). The number of fused-ring (bicyclic) bond motifs is 2. The highest BCUT2D eigenvalue weighted by atomic mass is 32.2. The third-order valence-electron chi connectivity index (χ3n) is 5.32. The molecule has 28 heavy (non-hydrogen) atoms. The third-order valence-corrected chi connectivity index (χ3v) is 6.69. The van der Waals surface area contributed by atoms with Gasteiger partial charge in [-0.3, -0.25) is 9.52 Å². The monoisotopic (exact) mass is 400 g/mol. The number of carbonyl (C=O) groups is 1. The van der Waals surface area contributed by atoms with Crippen LogP contribution in [0.2, 0.25) is 0 Å². The second-order valence-corrected chi connectivity index (χ2v) is 9.76. The number of sulfonamides is 1. The van der Waals surface area contributed by atoms with E-state index in [1.807, 2.05) is 6.07 Å². The smallest absolute Gasteiger partial charge is 0.261 e. The largest absolute Gasteiger partial charge is 0.490 e. The van der Waals surface area contributed by atoms with Gasteiger partial charge in [0.25, 0.3) is 10.0 Å². The molecular weight excluding hydrogens is 376 g/mol. The topological polar surface area (TPSA) is 84.5 Å². The molecule has 2 N–H and O–H groups in total. The van der Waals surface area contributed by atoms with E-state index in [0.29, 0.717) is 17.1 Å². The van der Waals surface area contributed by atoms with Crippen LogP contribution in [0.1, 0.15) is 37.8 Å². The van der Waals surface area contributed by atoms with Crippen molar-refractivity contribution in [2.75, 3.05) is 16.6 Å². The Labute approximate surface area is 165 Å². The van der Waals surface area contributed by atoms with E-state index in [-0.39, 0.29) is 17.4 Å². The van der Waals surface area contributed by atoms with Gasteiger partial charge in [0.15, 0.2) is 0 Å². The van der Waals surface area contributed by atoms with E-state index >= 15 is 0 Å². The van der Waals surface area contributed by atoms with Crippen molar-refractivity contribution in [2.45, 2.75) is 44.4 Å². The summed E-state index contributed by atoms with van der Waals surface area (Å²) in [5.74, 6) is 0.318. The fourth-order valence-electron chi connectivity index (χ4n) is 3.51. The first-order valence-corrected chi connectivity index (χ1v) is 11.0. The van der Waals surface area contributed by atoms with Gasteiger partial charge in [-0.2, -0.15) is 0 Å². The van der Waals surface area contributed by atoms with E-state index in [9.17, 15) is 13.2 Å². The molecule has 0 fully saturated rings. The number of amides is 1. The molecule has 0 bridgehead atoms. The van der Waals surface area contributed by atoms with Crippen LogP contribution in [0.4, 0.5) is 11.4 Å². The molecule has 0 saturated heterocycles. The van der Waals surface area contributed by atoms with E-state index in [0.717, 1.165) is 31.2 Å². The molecule has 0 radical (unpaired) electrons. The Morgan fingerprint density at radius 3 is 2.57 bits per heavy atom. The number of aryl methyl sites for hydroxylation is 2. The van der Waals surface area contributed by atoms with Crippen LogP contribution in [-0.2, 0) is 27.7 Å². The van der Waals surface area contributed by atoms with Gasteiger partial charge in [-0.05, 0) is 74.9 Å². The number of nitrogens with one attached hydrogen (secondary N) is 2. The van der Waals surface area contributed by atoms with Crippen molar-refractivity contribution in [3.8, 4) is 5.75 Å². The predicted molar refractivity (Wildman–Crippen MR) is 108 cm³/mol. The molecule has 1 aliphatic carbocycles. The Kier molecular flexibility index (Phi) is 4.57. The summed E-state index contributed by atoms with van der Waals surface area (Å²) in [6.07, 6.45) is 4.17. The molecule has 0 unspecified atom stereocenters. The molecule has 0 saturated carbocycles. The van der Waals surface area contributed by atoms with E-state index in [1.165, 1.54) is 5.56 Å². The van der Waals surface area contributed by atoms with Crippen LogP contribution in [0.5, 0.6) is 5.75 Å². The van der Waals surface area contributed by atoms with Gasteiger partial charge in [-0.15, -0.1) is 0 Å². The van der Waals surface area contributed by atoms with Crippen LogP contribution < -0.4 is 14.8 Å². The standard InChI is InChI=1S/C21H24N2O4S/c1-21(2)13-27-19-12-16(8-10-18(19)22-20(21)24)23-28(25,26)17-9-7-14-5-3-4-6-15(14)11-17/h7-12,23H,3-6,13H2,1-2H3,(H,22,24). The molecule has 2 aromatic carbocycles. The normalized spacial score (nSPS) is 18.1. The molecule has 148 valence electrons. The molecule has 1 amide bonds. The minimum Gasteiger partial charge on any atom is -0.490 e. The third kappa shape index (κ3) is 3.58. The van der Waals surface area contributed by atoms with E-state index < -0.39 is 15.4 Å². The highest BCUT2D eigenvalue weighted by molar-refractivity contribution is 7.92. The predicted octanol–water partition coefficient (Wildman–Crippen LogP) is 3.72. The molecule has 2 aromatic rings. The molecule has 0 spiro atoms. The number of carbonyl (C=O) groups excluding carboxylic acids is 1. The van der Waals surface area contributed by atoms with Crippen molar-refractivity contribution in [3.63, 3.8) is 0 Å². The molecule has 6 nitrogen and oxygen atoms in total. The van der Waals surface area contributed by atoms with Gasteiger partial charge >= 0.3 is 0 Å². The molecule has 0 aromatic heterocycles. The van der Waals surface area contributed by atoms with E-state index in [1.54, 1.807) is 44.2 Å². The van der Waals surface area contributed by atoms with Gasteiger partial charge in [0.1, 0.15) is 12.4 Å². The maximum absolute atomic E-state index is 12.9. The van der Waals surface area contributed by atoms with Crippen molar-refractivity contribution in [2.24, 2.45) is 5.41 Å². The summed E-state index contributed by atoms with van der Waals surface area (Å²) >= 11 is 0. The lowest BCUT2D eigenvalue weighted by Crippen LogP contribution is -2.33. The van der Waals surface area contributed by atoms with Crippen LogP contribution in [0.15, 0.2) is 41.3 Å². The summed E-state index contributed by atoms with van der Waals surface area (Å²) in [7, 11) is -3.71. The molecule has 1 aliphatic heterocycles. The summed E-state index contributed by atoms with van der Waals surface area (Å²) < 4.78 is 34.1. The van der Waals surface area contributed by atoms with Crippen LogP contribution in [-0.4, -0.2) is 20.9 Å². The molecule has 2 aliphatic rings. The van der Waals surface area contributed by atoms with Crippen molar-refractivity contribution in [3.05, 3.63) is 47.5 Å². The first kappa shape index (κ1) is 18.8. The summed E-state index contributed by atoms with van der Waals surface area (Å²) in [5, 5.41) is 2.83. The minimum absolute atomic E-state index is 0.131. The van der Waals surface area contributed by atoms with Crippen molar-refractivity contribution in [1.82, 2.24) is 0 Å². The van der Waals surface area contributed by atoms with Crippen molar-refractivity contribution < 1.29 is 17.9 Å². The fraction of sp³-hybridized carbons (Fsp3) is 0.381. The lowest BCUT2D eigenvalue weighted by molar-refractivity contribution is -0.124. The second kappa shape index (κ2) is 6.81. The van der Waals surface area contributed by atoms with Gasteiger partial charge in [0, 0.05) is 6.07 Å². The van der Waals surface area contributed by atoms with E-state index in [2.05, 4.69) is 10.0 Å². The van der Waals surface area contributed by atoms with Crippen LogP contribution in [0, 0.1) is 5.41 Å². The zero-order valence-corrected chi connectivity index (χ0v) is 16.9. The molecule has 1 heterocycles. The van der Waals surface area contributed by atoms with Crippen molar-refractivity contribution in [1.29, 1.82) is 0 Å². The van der Waals surface area contributed by atoms with E-state index in [4.69, 9.17) is 4.74 Å². The maximum atomic E-state index is 12.9. The van der Waals surface area contributed by atoms with Gasteiger partial charge in [-0.1, -0.05) is 6.07 Å². The van der Waals surface area contributed by atoms with Gasteiger partial charge in [0.05, 0.1) is 21.7 Å². The van der Waals surface area contributed by atoms with Crippen molar-refractivity contribution >= 4 is 27.3 Å². The highest BCUT2D eigenvalue weighted by Crippen LogP contribution is 2.35. The van der Waals surface area contributed by atoms with Crippen LogP contribution in [0.3, 0.4) is 0 Å². The Morgan fingerprint density at radius 2 is 1.79 bits per heavy atom. The Morgan fingerprint density at radius 1 is 1.04 bits per heavy atom. The molecule has 0 atom stereocenters. The Bertz CT molecular complexity index is 1040. The lowest BCUT2D eigenvalue weighted by atomic mass is 9.92. The van der Waals surface area contributed by atoms with Gasteiger partial charge in [0.2, 0.25) is 5.91 Å². The molecular formula is C21H24N2O4S. The summed E-state index contributed by atoms with van der Waals surface area (Å²) in [4.78, 5) is 12.5. The number of anilines is 2. The SMILES string of the molecule is CC1(C)COc2cc(NS(=O)(=O)c3ccc4c(c3)CCCC4)ccc2NC1=O. The number of ether oxygens (including phenoxy) is 1. The minimum atomic E-state index is -3.71. The summed E-state index contributed by atoms with van der Waals surface area (Å²) in [5.41, 5.74) is 2.62. The highest BCUT2D eigenvalue weighted by Gasteiger charge is 2.32. The van der Waals surface area contributed by atoms with Gasteiger partial charge < -0.3 is 10.1 Å². The Balaban J connectivity index is 1.59. The van der Waals surface area contributed by atoms with Gasteiger partial charge in [-0.25, -0.2) is 8.42 Å². The maximum Gasteiger partial charge on any atom is 0.261 e. The molecule has 7 heteroatoms. The summed E-state index contributed by atoms with van der Waals surface area (Å²) in [6.45, 7) is 3.81. The Hall–Kier alpha value is -2.54. The number of hydrogen-bond acceptors (Lipinski definition) is 4. The first-order valence-electron chi connectivity index (χ1n) is 9.48. The lowest BCUT2D eigenvalue weighted by Gasteiger charge is -2.18. The van der Waals surface area contributed by atoms with Crippen LogP contribution >= 0.6 is 0 Å². The number of rotatable bonds is 3. The van der Waals surface area contributed by atoms with Crippen LogP contribution in [0.25, 0.3) is 0 Å². The summed E-state index contributed by atoms with van der Waals surface area (Å²) in [6, 6.07) is 10.2. The average Bonchev–Trinajstić information content (AvgIpc) is 2.77. The average molecular weight is 401 g/mol. The zero-order valence-electron chi connectivity index (χ0n) is 16.0. The second-order valence-electron chi connectivity index (χ2n) is 8.08. The first-order chi connectivity index (χ1) is 13.2. The fourth-order valence-corrected chi connectivity index (χ4v) is 4.61.